The summed E-state index contributed by atoms with van der Waals surface area (Å²) in [7, 11) is 1.90. The van der Waals surface area contributed by atoms with Gasteiger partial charge in [0.25, 0.3) is 5.91 Å². The van der Waals surface area contributed by atoms with E-state index in [2.05, 4.69) is 25.9 Å². The largest absolute Gasteiger partial charge is 0.378 e. The van der Waals surface area contributed by atoms with Crippen molar-refractivity contribution in [3.63, 3.8) is 0 Å². The first-order valence-corrected chi connectivity index (χ1v) is 14.6. The van der Waals surface area contributed by atoms with Crippen molar-refractivity contribution in [2.24, 2.45) is 5.10 Å². The van der Waals surface area contributed by atoms with Crippen molar-refractivity contribution >= 4 is 68.6 Å². The van der Waals surface area contributed by atoms with E-state index in [4.69, 9.17) is 11.6 Å². The molecule has 2 heterocycles. The number of nitrogens with zero attached hydrogens (tertiary/aromatic N) is 4. The number of carbonyl (C=O) groups is 2. The fraction of sp³-hybridized carbons (Fsp3) is 0.292. The van der Waals surface area contributed by atoms with Gasteiger partial charge in [-0.25, -0.2) is 0 Å². The number of aromatic nitrogens is 2. The van der Waals surface area contributed by atoms with Crippen molar-refractivity contribution in [3.05, 3.63) is 75.8 Å². The summed E-state index contributed by atoms with van der Waals surface area (Å²) in [5, 5.41) is 32.5. The van der Waals surface area contributed by atoms with Gasteiger partial charge in [-0.15, -0.1) is 10.2 Å². The fourth-order valence-electron chi connectivity index (χ4n) is 3.39. The van der Waals surface area contributed by atoms with Crippen LogP contribution in [0.4, 0.5) is 5.13 Å². The van der Waals surface area contributed by atoms with E-state index in [0.29, 0.717) is 33.1 Å². The molecule has 3 aromatic rings. The fourth-order valence-corrected chi connectivity index (χ4v) is 6.57. The number of rotatable bonds is 10. The van der Waals surface area contributed by atoms with Gasteiger partial charge in [0.05, 0.1) is 6.42 Å². The third-order valence-electron chi connectivity index (χ3n) is 5.21. The lowest BCUT2D eigenvalue weighted by Gasteiger charge is -2.16. The maximum atomic E-state index is 12.3. The molecule has 0 saturated carbocycles. The molecule has 2 aromatic carbocycles. The Kier molecular flexibility index (Phi) is 9.81. The maximum Gasteiger partial charge on any atom is 0.259 e. The summed E-state index contributed by atoms with van der Waals surface area (Å²) in [4.78, 5) is 24.6. The maximum absolute atomic E-state index is 12.3. The molecular formula is C24H25ClN6O3S3. The molecule has 2 amide bonds. The number of halogens is 1. The Balaban J connectivity index is 1.15. The number of hydrogen-bond acceptors (Lipinski definition) is 10. The van der Waals surface area contributed by atoms with Crippen molar-refractivity contribution < 1.29 is 14.7 Å². The number of amidine groups is 1. The lowest BCUT2D eigenvalue weighted by atomic mass is 10.1. The van der Waals surface area contributed by atoms with E-state index >= 15 is 0 Å². The average molecular weight is 577 g/mol. The smallest absolute Gasteiger partial charge is 0.259 e. The minimum absolute atomic E-state index is 0.0832. The highest BCUT2D eigenvalue weighted by Crippen LogP contribution is 2.29. The molecule has 0 fully saturated rings. The van der Waals surface area contributed by atoms with Crippen molar-refractivity contribution in [2.75, 3.05) is 18.1 Å². The Bertz CT molecular complexity index is 1260. The molecule has 9 nitrogen and oxygen atoms in total. The highest BCUT2D eigenvalue weighted by Gasteiger charge is 2.25. The Morgan fingerprint density at radius 3 is 2.76 bits per heavy atom. The number of aliphatic hydroxyl groups is 1. The van der Waals surface area contributed by atoms with Gasteiger partial charge in [0.15, 0.2) is 11.3 Å². The quantitative estimate of drug-likeness (QED) is 0.308. The first-order valence-electron chi connectivity index (χ1n) is 11.3. The lowest BCUT2D eigenvalue weighted by molar-refractivity contribution is -0.124. The van der Waals surface area contributed by atoms with Crippen LogP contribution in [0.15, 0.2) is 59.7 Å². The van der Waals surface area contributed by atoms with Crippen molar-refractivity contribution in [1.29, 1.82) is 0 Å². The third-order valence-corrected chi connectivity index (χ3v) is 8.69. The highest BCUT2D eigenvalue weighted by molar-refractivity contribution is 8.14. The average Bonchev–Trinajstić information content (AvgIpc) is 3.47. The second-order valence-corrected chi connectivity index (χ2v) is 11.8. The summed E-state index contributed by atoms with van der Waals surface area (Å²) in [5.41, 5.74) is 1.37. The van der Waals surface area contributed by atoms with E-state index in [1.54, 1.807) is 47.8 Å². The SMILES string of the molecule is CN1N=C(NC(=O)Cc2ccccc2)SC1CCSCc1nnc(NC(=O)C(O)c2cccc(Cl)c2)s1. The predicted octanol–water partition coefficient (Wildman–Crippen LogP) is 4.12. The van der Waals surface area contributed by atoms with Gasteiger partial charge in [-0.3, -0.25) is 19.9 Å². The van der Waals surface area contributed by atoms with Gasteiger partial charge in [0.2, 0.25) is 11.0 Å². The van der Waals surface area contributed by atoms with Crippen LogP contribution in [0.2, 0.25) is 5.02 Å². The third kappa shape index (κ3) is 8.17. The minimum atomic E-state index is -1.35. The summed E-state index contributed by atoms with van der Waals surface area (Å²) < 4.78 is 0. The number of carbonyl (C=O) groups excluding carboxylic acids is 2. The monoisotopic (exact) mass is 576 g/mol. The van der Waals surface area contributed by atoms with Crippen molar-refractivity contribution in [1.82, 2.24) is 20.5 Å². The zero-order valence-corrected chi connectivity index (χ0v) is 23.0. The van der Waals surface area contributed by atoms with Gasteiger partial charge in [-0.05, 0) is 35.4 Å². The zero-order chi connectivity index (χ0) is 26.2. The first-order chi connectivity index (χ1) is 17.9. The summed E-state index contributed by atoms with van der Waals surface area (Å²) in [5.74, 6) is 0.829. The van der Waals surface area contributed by atoms with Crippen LogP contribution in [0, 0.1) is 0 Å². The van der Waals surface area contributed by atoms with Crippen LogP contribution in [0.1, 0.15) is 28.7 Å². The molecule has 2 atom stereocenters. The van der Waals surface area contributed by atoms with Crippen LogP contribution in [0.25, 0.3) is 0 Å². The van der Waals surface area contributed by atoms with Gasteiger partial charge >= 0.3 is 0 Å². The van der Waals surface area contributed by atoms with Crippen LogP contribution in [-0.4, -0.2) is 55.5 Å². The van der Waals surface area contributed by atoms with Crippen LogP contribution in [0.5, 0.6) is 0 Å². The predicted molar refractivity (Wildman–Crippen MR) is 151 cm³/mol. The second kappa shape index (κ2) is 13.2. The Morgan fingerprint density at radius 2 is 1.97 bits per heavy atom. The van der Waals surface area contributed by atoms with Crippen LogP contribution >= 0.6 is 46.5 Å². The molecule has 13 heteroatoms. The standard InChI is InChI=1S/C24H25ClN6O3S3/c1-31-20(37-24(30-31)26-18(32)12-15-6-3-2-4-7-15)10-11-35-14-19-28-29-23(36-19)27-22(34)21(33)16-8-5-9-17(25)13-16/h2-9,13,20-21,33H,10-12,14H2,1H3,(H,26,30,32)(H,27,29,34). The molecule has 1 aliphatic rings. The Morgan fingerprint density at radius 1 is 1.16 bits per heavy atom. The molecule has 4 rings (SSSR count). The summed E-state index contributed by atoms with van der Waals surface area (Å²) in [6.07, 6.45) is -0.174. The minimum Gasteiger partial charge on any atom is -0.378 e. The van der Waals surface area contributed by atoms with E-state index in [0.717, 1.165) is 22.7 Å². The molecule has 194 valence electrons. The molecule has 37 heavy (non-hydrogen) atoms. The van der Waals surface area contributed by atoms with Crippen LogP contribution in [-0.2, 0) is 21.8 Å². The van der Waals surface area contributed by atoms with E-state index in [9.17, 15) is 14.7 Å². The topological polar surface area (TPSA) is 120 Å². The van der Waals surface area contributed by atoms with Crippen molar-refractivity contribution in [3.8, 4) is 0 Å². The number of nitrogens with one attached hydrogen (secondary N) is 2. The van der Waals surface area contributed by atoms with E-state index in [1.807, 2.05) is 42.4 Å². The number of benzene rings is 2. The van der Waals surface area contributed by atoms with Gasteiger partial charge < -0.3 is 10.4 Å². The molecule has 1 aromatic heterocycles. The van der Waals surface area contributed by atoms with Gasteiger partial charge in [-0.1, -0.05) is 77.2 Å². The molecule has 0 saturated heterocycles. The molecule has 0 aliphatic carbocycles. The van der Waals surface area contributed by atoms with Crippen LogP contribution < -0.4 is 10.6 Å². The number of hydrazone groups is 1. The number of amides is 2. The van der Waals surface area contributed by atoms with Gasteiger partial charge in [0.1, 0.15) is 10.4 Å². The summed E-state index contributed by atoms with van der Waals surface area (Å²) >= 11 is 10.4. The van der Waals surface area contributed by atoms with Crippen molar-refractivity contribution in [2.45, 2.75) is 30.1 Å². The van der Waals surface area contributed by atoms with E-state index < -0.39 is 12.0 Å². The number of thioether (sulfide) groups is 2. The van der Waals surface area contributed by atoms with Gasteiger partial charge in [0, 0.05) is 17.8 Å². The van der Waals surface area contributed by atoms with Gasteiger partial charge in [-0.2, -0.15) is 16.9 Å². The van der Waals surface area contributed by atoms with Crippen LogP contribution in [0.3, 0.4) is 0 Å². The Labute approximate surface area is 232 Å². The normalized spacial score (nSPS) is 15.8. The summed E-state index contributed by atoms with van der Waals surface area (Å²) in [6, 6.07) is 16.1. The molecule has 0 bridgehead atoms. The highest BCUT2D eigenvalue weighted by atomic mass is 35.5. The molecule has 0 spiro atoms. The molecule has 3 N–H and O–H groups in total. The number of hydrogen-bond donors (Lipinski definition) is 3. The molecular weight excluding hydrogens is 552 g/mol. The Hall–Kier alpha value is -2.64. The molecule has 0 radical (unpaired) electrons. The second-order valence-electron chi connectivity index (χ2n) is 8.05. The molecule has 2 unspecified atom stereocenters. The first kappa shape index (κ1) is 27.4. The number of aliphatic hydroxyl groups excluding tert-OH is 1. The zero-order valence-electron chi connectivity index (χ0n) is 19.8. The number of anilines is 1. The molecule has 1 aliphatic heterocycles. The summed E-state index contributed by atoms with van der Waals surface area (Å²) in [6.45, 7) is 0. The lowest BCUT2D eigenvalue weighted by Crippen LogP contribution is -2.29. The van der Waals surface area contributed by atoms with E-state index in [1.165, 1.54) is 11.3 Å². The van der Waals surface area contributed by atoms with E-state index in [-0.39, 0.29) is 11.3 Å².